The van der Waals surface area contributed by atoms with Crippen molar-refractivity contribution in [2.45, 2.75) is 26.9 Å². The lowest BCUT2D eigenvalue weighted by Crippen LogP contribution is -2.27. The van der Waals surface area contributed by atoms with Gasteiger partial charge in [-0.3, -0.25) is 9.48 Å². The van der Waals surface area contributed by atoms with Crippen LogP contribution in [0.4, 0.5) is 0 Å². The zero-order chi connectivity index (χ0) is 17.8. The van der Waals surface area contributed by atoms with E-state index >= 15 is 0 Å². The van der Waals surface area contributed by atoms with E-state index in [4.69, 9.17) is 0 Å². The topological polar surface area (TPSA) is 73.9 Å². The van der Waals surface area contributed by atoms with Crippen LogP contribution in [0.3, 0.4) is 0 Å². The molecule has 25 heavy (non-hydrogen) atoms. The van der Waals surface area contributed by atoms with Crippen molar-refractivity contribution >= 4 is 5.91 Å². The number of carbonyl (C=O) groups excluding carboxylic acids is 1. The van der Waals surface area contributed by atoms with Crippen molar-refractivity contribution in [2.24, 2.45) is 0 Å². The molecular weight excluding hydrogens is 316 g/mol. The molecule has 0 saturated carbocycles. The molecule has 1 N–H and O–H groups in total. The lowest BCUT2D eigenvalue weighted by molar-refractivity contribution is -0.605. The van der Waals surface area contributed by atoms with Gasteiger partial charge < -0.3 is 10.5 Å². The van der Waals surface area contributed by atoms with Crippen molar-refractivity contribution in [2.75, 3.05) is 0 Å². The molecular formula is C19H20N4O2. The van der Waals surface area contributed by atoms with Crippen molar-refractivity contribution in [3.05, 3.63) is 88.1 Å². The number of rotatable bonds is 5. The van der Waals surface area contributed by atoms with E-state index in [1.807, 2.05) is 36.7 Å². The number of hydrogen-bond acceptors (Lipinski definition) is 3. The van der Waals surface area contributed by atoms with E-state index in [0.29, 0.717) is 23.4 Å². The number of pyridine rings is 1. The first kappa shape index (κ1) is 16.7. The van der Waals surface area contributed by atoms with Crippen LogP contribution in [0.5, 0.6) is 0 Å². The highest BCUT2D eigenvalue weighted by Gasteiger charge is 2.07. The first-order valence-electron chi connectivity index (χ1n) is 8.07. The second-order valence-electron chi connectivity index (χ2n) is 6.03. The van der Waals surface area contributed by atoms with Gasteiger partial charge in [0.05, 0.1) is 17.8 Å². The smallest absolute Gasteiger partial charge is 0.252 e. The molecule has 0 aliphatic heterocycles. The fourth-order valence-electron chi connectivity index (χ4n) is 2.69. The van der Waals surface area contributed by atoms with Gasteiger partial charge >= 0.3 is 0 Å². The molecule has 1 amide bonds. The Hall–Kier alpha value is -3.15. The van der Waals surface area contributed by atoms with Crippen LogP contribution < -0.4 is 10.0 Å². The fourth-order valence-corrected chi connectivity index (χ4v) is 2.69. The molecule has 0 unspecified atom stereocenters. The summed E-state index contributed by atoms with van der Waals surface area (Å²) in [6, 6.07) is 13.1. The Labute approximate surface area is 146 Å². The highest BCUT2D eigenvalue weighted by atomic mass is 16.5. The molecule has 3 aromatic rings. The number of hydrogen-bond donors (Lipinski definition) is 1. The van der Waals surface area contributed by atoms with Crippen LogP contribution in [0.2, 0.25) is 0 Å². The number of benzene rings is 1. The summed E-state index contributed by atoms with van der Waals surface area (Å²) in [7, 11) is 0. The molecule has 1 aromatic carbocycles. The van der Waals surface area contributed by atoms with Gasteiger partial charge in [0.2, 0.25) is 0 Å². The summed E-state index contributed by atoms with van der Waals surface area (Å²) >= 11 is 0. The molecule has 2 aromatic heterocycles. The van der Waals surface area contributed by atoms with Crippen molar-refractivity contribution < 1.29 is 9.52 Å². The minimum absolute atomic E-state index is 0.204. The normalized spacial score (nSPS) is 10.6. The lowest BCUT2D eigenvalue weighted by Gasteiger charge is -2.09. The summed E-state index contributed by atoms with van der Waals surface area (Å²) in [5.74, 6) is -0.204. The first-order chi connectivity index (χ1) is 12.0. The van der Waals surface area contributed by atoms with Gasteiger partial charge in [0.1, 0.15) is 0 Å². The molecule has 0 spiro atoms. The van der Waals surface area contributed by atoms with Crippen LogP contribution in [-0.4, -0.2) is 15.7 Å². The standard InChI is InChI=1S/C19H20N4O2/c1-14-10-15(2)23(21-14)13-17-5-3-4-16(11-17)12-20-19(24)18-6-8-22(25)9-7-18/h3-11H,12-13H2,1-2H3,(H,20,24). The number of amides is 1. The van der Waals surface area contributed by atoms with Gasteiger partial charge in [0.15, 0.2) is 12.4 Å². The zero-order valence-corrected chi connectivity index (χ0v) is 14.3. The number of aryl methyl sites for hydroxylation is 2. The second-order valence-corrected chi connectivity index (χ2v) is 6.03. The van der Waals surface area contributed by atoms with Gasteiger partial charge in [-0.25, -0.2) is 0 Å². The van der Waals surface area contributed by atoms with Crippen LogP contribution in [0.25, 0.3) is 0 Å². The van der Waals surface area contributed by atoms with Crippen molar-refractivity contribution in [1.82, 2.24) is 15.1 Å². The predicted octanol–water partition coefficient (Wildman–Crippen LogP) is 2.11. The van der Waals surface area contributed by atoms with E-state index in [9.17, 15) is 10.0 Å². The maximum Gasteiger partial charge on any atom is 0.252 e. The average molecular weight is 336 g/mol. The van der Waals surface area contributed by atoms with E-state index in [1.165, 1.54) is 24.5 Å². The minimum Gasteiger partial charge on any atom is -0.619 e. The van der Waals surface area contributed by atoms with E-state index in [0.717, 1.165) is 22.5 Å². The van der Waals surface area contributed by atoms with Gasteiger partial charge in [-0.2, -0.15) is 9.83 Å². The van der Waals surface area contributed by atoms with E-state index < -0.39 is 0 Å². The fraction of sp³-hybridized carbons (Fsp3) is 0.211. The number of nitrogens with zero attached hydrogens (tertiary/aromatic N) is 3. The number of aromatic nitrogens is 3. The van der Waals surface area contributed by atoms with Gasteiger partial charge in [-0.05, 0) is 31.0 Å². The molecule has 6 heteroatoms. The molecule has 0 saturated heterocycles. The summed E-state index contributed by atoms with van der Waals surface area (Å²) in [5, 5.41) is 18.4. The Morgan fingerprint density at radius 2 is 1.88 bits per heavy atom. The van der Waals surface area contributed by atoms with Crippen LogP contribution >= 0.6 is 0 Å². The highest BCUT2D eigenvalue weighted by Crippen LogP contribution is 2.10. The largest absolute Gasteiger partial charge is 0.619 e. The highest BCUT2D eigenvalue weighted by molar-refractivity contribution is 5.93. The van der Waals surface area contributed by atoms with E-state index in [1.54, 1.807) is 0 Å². The lowest BCUT2D eigenvalue weighted by atomic mass is 10.1. The molecule has 0 radical (unpaired) electrons. The average Bonchev–Trinajstić information content (AvgIpc) is 2.91. The maximum absolute atomic E-state index is 12.1. The third kappa shape index (κ3) is 4.23. The van der Waals surface area contributed by atoms with Crippen molar-refractivity contribution in [3.8, 4) is 0 Å². The molecule has 0 aliphatic carbocycles. The van der Waals surface area contributed by atoms with Crippen molar-refractivity contribution in [1.29, 1.82) is 0 Å². The Balaban J connectivity index is 1.64. The summed E-state index contributed by atoms with van der Waals surface area (Å²) in [6.07, 6.45) is 2.62. The third-order valence-electron chi connectivity index (χ3n) is 3.94. The zero-order valence-electron chi connectivity index (χ0n) is 14.3. The predicted molar refractivity (Wildman–Crippen MR) is 93.8 cm³/mol. The minimum atomic E-state index is -0.204. The Morgan fingerprint density at radius 1 is 1.16 bits per heavy atom. The van der Waals surface area contributed by atoms with E-state index in [-0.39, 0.29) is 5.91 Å². The van der Waals surface area contributed by atoms with Gasteiger partial charge in [-0.15, -0.1) is 0 Å². The molecule has 6 nitrogen and oxygen atoms in total. The molecule has 0 fully saturated rings. The van der Waals surface area contributed by atoms with E-state index in [2.05, 4.69) is 22.5 Å². The molecule has 0 bridgehead atoms. The summed E-state index contributed by atoms with van der Waals surface area (Å²) in [6.45, 7) is 5.14. The molecule has 2 heterocycles. The summed E-state index contributed by atoms with van der Waals surface area (Å²) in [5.41, 5.74) is 4.73. The summed E-state index contributed by atoms with van der Waals surface area (Å²) in [4.78, 5) is 12.1. The second kappa shape index (κ2) is 7.17. The Bertz CT molecular complexity index is 885. The molecule has 3 rings (SSSR count). The van der Waals surface area contributed by atoms with Crippen LogP contribution in [0.1, 0.15) is 32.9 Å². The van der Waals surface area contributed by atoms with Crippen LogP contribution in [-0.2, 0) is 13.1 Å². The SMILES string of the molecule is Cc1cc(C)n(Cc2cccc(CNC(=O)c3cc[n+]([O-])cc3)c2)n1. The number of carbonyl (C=O) groups is 1. The maximum atomic E-state index is 12.1. The van der Waals surface area contributed by atoms with Crippen LogP contribution in [0, 0.1) is 19.1 Å². The third-order valence-corrected chi connectivity index (χ3v) is 3.94. The van der Waals surface area contributed by atoms with Crippen molar-refractivity contribution in [3.63, 3.8) is 0 Å². The van der Waals surface area contributed by atoms with Crippen LogP contribution in [0.15, 0.2) is 54.9 Å². The monoisotopic (exact) mass is 336 g/mol. The first-order valence-corrected chi connectivity index (χ1v) is 8.07. The molecule has 0 aliphatic rings. The van der Waals surface area contributed by atoms with Gasteiger partial charge in [-0.1, -0.05) is 24.3 Å². The number of nitrogens with one attached hydrogen (secondary N) is 1. The van der Waals surface area contributed by atoms with Gasteiger partial charge in [0, 0.05) is 24.4 Å². The summed E-state index contributed by atoms with van der Waals surface area (Å²) < 4.78 is 2.62. The Kier molecular flexibility index (Phi) is 4.79. The quantitative estimate of drug-likeness (QED) is 0.573. The van der Waals surface area contributed by atoms with Gasteiger partial charge in [0.25, 0.3) is 5.91 Å². The molecule has 128 valence electrons. The Morgan fingerprint density at radius 3 is 2.56 bits per heavy atom. The molecule has 0 atom stereocenters.